The van der Waals surface area contributed by atoms with Crippen molar-refractivity contribution in [3.63, 3.8) is 0 Å². The third kappa shape index (κ3) is 2.32. The number of hydrogen-bond acceptors (Lipinski definition) is 3. The van der Waals surface area contributed by atoms with Gasteiger partial charge in [0.05, 0.1) is 5.69 Å². The Labute approximate surface area is 99.6 Å². The second-order valence-electron chi connectivity index (χ2n) is 4.04. The van der Waals surface area contributed by atoms with Crippen LogP contribution >= 0.6 is 11.6 Å². The number of rotatable bonds is 1. The van der Waals surface area contributed by atoms with Gasteiger partial charge in [-0.3, -0.25) is 9.78 Å². The van der Waals surface area contributed by atoms with E-state index >= 15 is 0 Å². The van der Waals surface area contributed by atoms with E-state index in [1.165, 1.54) is 0 Å². The monoisotopic (exact) mass is 239 g/mol. The van der Waals surface area contributed by atoms with Gasteiger partial charge in [-0.2, -0.15) is 0 Å². The van der Waals surface area contributed by atoms with Crippen molar-refractivity contribution < 1.29 is 4.79 Å². The summed E-state index contributed by atoms with van der Waals surface area (Å²) in [5.41, 5.74) is 0.815. The summed E-state index contributed by atoms with van der Waals surface area (Å²) in [5, 5.41) is 0.456. The Balaban J connectivity index is 2.16. The minimum absolute atomic E-state index is 0.115. The maximum absolute atomic E-state index is 11.3. The van der Waals surface area contributed by atoms with E-state index in [-0.39, 0.29) is 11.8 Å². The Hall–Kier alpha value is -1.16. The highest BCUT2D eigenvalue weighted by molar-refractivity contribution is 6.30. The van der Waals surface area contributed by atoms with Gasteiger partial charge in [0.2, 0.25) is 5.91 Å². The van der Waals surface area contributed by atoms with Crippen LogP contribution in [-0.4, -0.2) is 33.9 Å². The van der Waals surface area contributed by atoms with Gasteiger partial charge in [0.25, 0.3) is 0 Å². The van der Waals surface area contributed by atoms with Crippen molar-refractivity contribution in [2.75, 3.05) is 13.1 Å². The molecule has 0 unspecified atom stereocenters. The molecule has 2 heterocycles. The van der Waals surface area contributed by atoms with Gasteiger partial charge in [0.15, 0.2) is 5.15 Å². The first-order chi connectivity index (χ1) is 7.68. The highest BCUT2D eigenvalue weighted by atomic mass is 35.5. The molecule has 0 aromatic carbocycles. The lowest BCUT2D eigenvalue weighted by Crippen LogP contribution is -2.37. The second-order valence-corrected chi connectivity index (χ2v) is 4.39. The topological polar surface area (TPSA) is 46.1 Å². The molecular weight excluding hydrogens is 226 g/mol. The molecule has 2 rings (SSSR count). The average Bonchev–Trinajstić information content (AvgIpc) is 2.30. The zero-order valence-electron chi connectivity index (χ0n) is 9.19. The molecule has 0 spiro atoms. The molecule has 0 saturated carbocycles. The Morgan fingerprint density at radius 3 is 2.94 bits per heavy atom. The van der Waals surface area contributed by atoms with Crippen LogP contribution in [0.4, 0.5) is 0 Å². The lowest BCUT2D eigenvalue weighted by atomic mass is 9.95. The van der Waals surface area contributed by atoms with E-state index in [2.05, 4.69) is 9.97 Å². The SMILES string of the molecule is CC(=O)N1CCC[C@H](c2nccnc2Cl)C1. The van der Waals surface area contributed by atoms with Crippen LogP contribution in [0.2, 0.25) is 5.15 Å². The van der Waals surface area contributed by atoms with Crippen LogP contribution in [0.15, 0.2) is 12.4 Å². The maximum Gasteiger partial charge on any atom is 0.219 e. The number of nitrogens with zero attached hydrogens (tertiary/aromatic N) is 3. The third-order valence-electron chi connectivity index (χ3n) is 2.93. The Morgan fingerprint density at radius 2 is 2.25 bits per heavy atom. The van der Waals surface area contributed by atoms with Gasteiger partial charge < -0.3 is 4.90 Å². The highest BCUT2D eigenvalue weighted by Crippen LogP contribution is 2.28. The average molecular weight is 240 g/mol. The summed E-state index contributed by atoms with van der Waals surface area (Å²) in [6, 6.07) is 0. The molecule has 0 N–H and O–H groups in total. The number of halogens is 1. The van der Waals surface area contributed by atoms with Crippen molar-refractivity contribution in [3.05, 3.63) is 23.2 Å². The number of aromatic nitrogens is 2. The van der Waals surface area contributed by atoms with E-state index in [0.717, 1.165) is 25.1 Å². The second kappa shape index (κ2) is 4.78. The normalized spacial score (nSPS) is 20.9. The molecule has 1 aliphatic heterocycles. The highest BCUT2D eigenvalue weighted by Gasteiger charge is 2.25. The van der Waals surface area contributed by atoms with Crippen molar-refractivity contribution in [1.82, 2.24) is 14.9 Å². The first-order valence-corrected chi connectivity index (χ1v) is 5.78. The number of piperidine rings is 1. The molecule has 0 aliphatic carbocycles. The fraction of sp³-hybridized carbons (Fsp3) is 0.545. The zero-order valence-corrected chi connectivity index (χ0v) is 9.94. The number of hydrogen-bond donors (Lipinski definition) is 0. The Morgan fingerprint density at radius 1 is 1.50 bits per heavy atom. The molecule has 5 heteroatoms. The summed E-state index contributed by atoms with van der Waals surface area (Å²) in [7, 11) is 0. The lowest BCUT2D eigenvalue weighted by molar-refractivity contribution is -0.130. The van der Waals surface area contributed by atoms with Gasteiger partial charge in [-0.1, -0.05) is 11.6 Å². The lowest BCUT2D eigenvalue weighted by Gasteiger charge is -2.31. The van der Waals surface area contributed by atoms with E-state index in [1.54, 1.807) is 19.3 Å². The van der Waals surface area contributed by atoms with Gasteiger partial charge in [-0.25, -0.2) is 4.98 Å². The fourth-order valence-electron chi connectivity index (χ4n) is 2.09. The van der Waals surface area contributed by atoms with Crippen molar-refractivity contribution >= 4 is 17.5 Å². The molecule has 1 aromatic rings. The van der Waals surface area contributed by atoms with Crippen LogP contribution in [0.25, 0.3) is 0 Å². The van der Waals surface area contributed by atoms with E-state index in [9.17, 15) is 4.79 Å². The van der Waals surface area contributed by atoms with Gasteiger partial charge in [0, 0.05) is 38.3 Å². The quantitative estimate of drug-likeness (QED) is 0.752. The van der Waals surface area contributed by atoms with Crippen LogP contribution in [0, 0.1) is 0 Å². The molecule has 1 aromatic heterocycles. The van der Waals surface area contributed by atoms with Crippen molar-refractivity contribution in [3.8, 4) is 0 Å². The number of carbonyl (C=O) groups excluding carboxylic acids is 1. The molecule has 0 bridgehead atoms. The molecule has 86 valence electrons. The maximum atomic E-state index is 11.3. The molecular formula is C11H14ClN3O. The molecule has 4 nitrogen and oxygen atoms in total. The van der Waals surface area contributed by atoms with Crippen LogP contribution in [0.1, 0.15) is 31.4 Å². The zero-order chi connectivity index (χ0) is 11.5. The van der Waals surface area contributed by atoms with Crippen molar-refractivity contribution in [1.29, 1.82) is 0 Å². The number of likely N-dealkylation sites (tertiary alicyclic amines) is 1. The summed E-state index contributed by atoms with van der Waals surface area (Å²) in [6.07, 6.45) is 5.24. The van der Waals surface area contributed by atoms with Crippen LogP contribution in [-0.2, 0) is 4.79 Å². The third-order valence-corrected chi connectivity index (χ3v) is 3.22. The summed E-state index contributed by atoms with van der Waals surface area (Å²) >= 11 is 6.01. The van der Waals surface area contributed by atoms with Crippen molar-refractivity contribution in [2.45, 2.75) is 25.7 Å². The van der Waals surface area contributed by atoms with Crippen molar-refractivity contribution in [2.24, 2.45) is 0 Å². The molecule has 0 radical (unpaired) electrons. The Bertz CT molecular complexity index is 397. The number of amides is 1. The van der Waals surface area contributed by atoms with E-state index < -0.39 is 0 Å². The van der Waals surface area contributed by atoms with E-state index in [0.29, 0.717) is 11.7 Å². The summed E-state index contributed by atoms with van der Waals surface area (Å²) in [4.78, 5) is 21.5. The van der Waals surface area contributed by atoms with Gasteiger partial charge in [0.1, 0.15) is 0 Å². The molecule has 1 saturated heterocycles. The summed E-state index contributed by atoms with van der Waals surface area (Å²) < 4.78 is 0. The van der Waals surface area contributed by atoms with Crippen LogP contribution in [0.3, 0.4) is 0 Å². The van der Waals surface area contributed by atoms with Gasteiger partial charge in [-0.15, -0.1) is 0 Å². The molecule has 1 fully saturated rings. The fourth-order valence-corrected chi connectivity index (χ4v) is 2.35. The first kappa shape index (κ1) is 11.3. The predicted molar refractivity (Wildman–Crippen MR) is 61.3 cm³/mol. The largest absolute Gasteiger partial charge is 0.342 e. The predicted octanol–water partition coefficient (Wildman–Crippen LogP) is 1.86. The molecule has 1 amide bonds. The Kier molecular flexibility index (Phi) is 3.39. The summed E-state index contributed by atoms with van der Waals surface area (Å²) in [6.45, 7) is 3.14. The van der Waals surface area contributed by atoms with Gasteiger partial charge >= 0.3 is 0 Å². The number of carbonyl (C=O) groups is 1. The molecule has 1 atom stereocenters. The molecule has 1 aliphatic rings. The molecule has 16 heavy (non-hydrogen) atoms. The van der Waals surface area contributed by atoms with Crippen LogP contribution in [0.5, 0.6) is 0 Å². The first-order valence-electron chi connectivity index (χ1n) is 5.40. The minimum Gasteiger partial charge on any atom is -0.342 e. The standard InChI is InChI=1S/C11H14ClN3O/c1-8(16)15-6-2-3-9(7-15)10-11(12)14-5-4-13-10/h4-5,9H,2-3,6-7H2,1H3/t9-/m0/s1. The van der Waals surface area contributed by atoms with Crippen LogP contribution < -0.4 is 0 Å². The van der Waals surface area contributed by atoms with E-state index in [1.807, 2.05) is 4.90 Å². The van der Waals surface area contributed by atoms with E-state index in [4.69, 9.17) is 11.6 Å². The minimum atomic E-state index is 0.115. The smallest absolute Gasteiger partial charge is 0.219 e. The van der Waals surface area contributed by atoms with Gasteiger partial charge in [-0.05, 0) is 12.8 Å². The summed E-state index contributed by atoms with van der Waals surface area (Å²) in [5.74, 6) is 0.337.